The number of nitrogens with one attached hydrogen (secondary N) is 2. The molecule has 1 aromatic heterocycles. The quantitative estimate of drug-likeness (QED) is 0.833. The highest BCUT2D eigenvalue weighted by Gasteiger charge is 2.10. The van der Waals surface area contributed by atoms with Crippen molar-refractivity contribution in [3.63, 3.8) is 0 Å². The van der Waals surface area contributed by atoms with Crippen LogP contribution < -0.4 is 10.6 Å². The standard InChI is InChI=1S/C16H18N2O3S/c1-11(14-4-3-9-22-14)18-16(20)17-10-12-5-7-13(8-6-12)15(19)21-2/h3-9,11H,10H2,1-2H3,(H2,17,18,20). The maximum Gasteiger partial charge on any atom is 0.337 e. The molecule has 1 aromatic carbocycles. The van der Waals surface area contributed by atoms with Gasteiger partial charge in [-0.2, -0.15) is 0 Å². The summed E-state index contributed by atoms with van der Waals surface area (Å²) in [5.74, 6) is -0.373. The summed E-state index contributed by atoms with van der Waals surface area (Å²) in [5, 5.41) is 7.65. The minimum absolute atomic E-state index is 0.0262. The number of ether oxygens (including phenoxy) is 1. The molecule has 22 heavy (non-hydrogen) atoms. The lowest BCUT2D eigenvalue weighted by atomic mass is 10.1. The first-order chi connectivity index (χ1) is 10.6. The Morgan fingerprint density at radius 1 is 1.23 bits per heavy atom. The molecule has 2 amide bonds. The molecule has 1 unspecified atom stereocenters. The van der Waals surface area contributed by atoms with Gasteiger partial charge in [0.1, 0.15) is 0 Å². The van der Waals surface area contributed by atoms with Crippen LogP contribution in [0.1, 0.15) is 33.8 Å². The predicted molar refractivity (Wildman–Crippen MR) is 85.9 cm³/mol. The number of hydrogen-bond donors (Lipinski definition) is 2. The van der Waals surface area contributed by atoms with Gasteiger partial charge in [-0.15, -0.1) is 11.3 Å². The highest BCUT2D eigenvalue weighted by Crippen LogP contribution is 2.17. The number of hydrogen-bond acceptors (Lipinski definition) is 4. The summed E-state index contributed by atoms with van der Waals surface area (Å²) in [6.45, 7) is 2.33. The van der Waals surface area contributed by atoms with E-state index in [1.807, 2.05) is 24.4 Å². The minimum atomic E-state index is -0.373. The smallest absolute Gasteiger partial charge is 0.337 e. The van der Waals surface area contributed by atoms with Crippen LogP contribution in [0.3, 0.4) is 0 Å². The summed E-state index contributed by atoms with van der Waals surface area (Å²) in [7, 11) is 1.34. The highest BCUT2D eigenvalue weighted by molar-refractivity contribution is 7.10. The Bertz CT molecular complexity index is 623. The van der Waals surface area contributed by atoms with Gasteiger partial charge in [-0.1, -0.05) is 18.2 Å². The van der Waals surface area contributed by atoms with Crippen LogP contribution in [0, 0.1) is 0 Å². The molecule has 0 radical (unpaired) electrons. The van der Waals surface area contributed by atoms with Gasteiger partial charge in [-0.05, 0) is 36.1 Å². The van der Waals surface area contributed by atoms with Crippen LogP contribution in [0.25, 0.3) is 0 Å². The average molecular weight is 318 g/mol. The first-order valence-corrected chi connectivity index (χ1v) is 7.73. The van der Waals surface area contributed by atoms with E-state index in [2.05, 4.69) is 15.4 Å². The normalized spacial score (nSPS) is 11.5. The molecule has 0 bridgehead atoms. The van der Waals surface area contributed by atoms with Crippen molar-refractivity contribution in [2.75, 3.05) is 7.11 Å². The molecule has 0 fully saturated rings. The molecule has 2 aromatic rings. The van der Waals surface area contributed by atoms with Crippen molar-refractivity contribution in [2.24, 2.45) is 0 Å². The fourth-order valence-corrected chi connectivity index (χ4v) is 2.65. The number of esters is 1. The Kier molecular flexibility index (Phi) is 5.55. The zero-order chi connectivity index (χ0) is 15.9. The number of rotatable bonds is 5. The molecular formula is C16H18N2O3S. The molecular weight excluding hydrogens is 300 g/mol. The van der Waals surface area contributed by atoms with Gasteiger partial charge in [0.25, 0.3) is 0 Å². The molecule has 0 saturated carbocycles. The fraction of sp³-hybridized carbons (Fsp3) is 0.250. The number of carbonyl (C=O) groups excluding carboxylic acids is 2. The molecule has 2 N–H and O–H groups in total. The Balaban J connectivity index is 1.82. The molecule has 116 valence electrons. The van der Waals surface area contributed by atoms with Crippen molar-refractivity contribution < 1.29 is 14.3 Å². The zero-order valence-corrected chi connectivity index (χ0v) is 13.3. The second-order valence-electron chi connectivity index (χ2n) is 4.75. The summed E-state index contributed by atoms with van der Waals surface area (Å²) < 4.78 is 4.64. The molecule has 6 heteroatoms. The van der Waals surface area contributed by atoms with Crippen molar-refractivity contribution >= 4 is 23.3 Å². The maximum absolute atomic E-state index is 11.9. The molecule has 0 spiro atoms. The molecule has 0 aliphatic heterocycles. The van der Waals surface area contributed by atoms with Crippen LogP contribution in [-0.2, 0) is 11.3 Å². The number of benzene rings is 1. The Morgan fingerprint density at radius 2 is 1.95 bits per heavy atom. The average Bonchev–Trinajstić information content (AvgIpc) is 3.07. The first-order valence-electron chi connectivity index (χ1n) is 6.85. The summed E-state index contributed by atoms with van der Waals surface area (Å²) in [6.07, 6.45) is 0. The van der Waals surface area contributed by atoms with Gasteiger partial charge in [0, 0.05) is 11.4 Å². The van der Waals surface area contributed by atoms with Crippen molar-refractivity contribution in [3.8, 4) is 0 Å². The van der Waals surface area contributed by atoms with Gasteiger partial charge < -0.3 is 15.4 Å². The Morgan fingerprint density at radius 3 is 2.55 bits per heavy atom. The van der Waals surface area contributed by atoms with E-state index in [0.29, 0.717) is 12.1 Å². The Hall–Kier alpha value is -2.34. The molecule has 1 heterocycles. The van der Waals surface area contributed by atoms with E-state index in [1.54, 1.807) is 35.6 Å². The third kappa shape index (κ3) is 4.33. The summed E-state index contributed by atoms with van der Waals surface area (Å²) in [5.41, 5.74) is 1.40. The lowest BCUT2D eigenvalue weighted by molar-refractivity contribution is 0.0600. The second kappa shape index (κ2) is 7.61. The second-order valence-corrected chi connectivity index (χ2v) is 5.73. The van der Waals surface area contributed by atoms with Crippen molar-refractivity contribution in [2.45, 2.75) is 19.5 Å². The van der Waals surface area contributed by atoms with E-state index in [0.717, 1.165) is 10.4 Å². The molecule has 5 nitrogen and oxygen atoms in total. The lowest BCUT2D eigenvalue weighted by Gasteiger charge is -2.13. The molecule has 0 saturated heterocycles. The van der Waals surface area contributed by atoms with E-state index in [9.17, 15) is 9.59 Å². The molecule has 2 rings (SSSR count). The topological polar surface area (TPSA) is 67.4 Å². The van der Waals surface area contributed by atoms with Gasteiger partial charge in [-0.25, -0.2) is 9.59 Å². The number of thiophene rings is 1. The summed E-state index contributed by atoms with van der Waals surface area (Å²) >= 11 is 1.61. The van der Waals surface area contributed by atoms with Gasteiger partial charge >= 0.3 is 12.0 Å². The van der Waals surface area contributed by atoms with Crippen molar-refractivity contribution in [1.82, 2.24) is 10.6 Å². The SMILES string of the molecule is COC(=O)c1ccc(CNC(=O)NC(C)c2cccs2)cc1. The van der Waals surface area contributed by atoms with Crippen molar-refractivity contribution in [1.29, 1.82) is 0 Å². The van der Waals surface area contributed by atoms with Crippen LogP contribution in [0.4, 0.5) is 4.79 Å². The van der Waals surface area contributed by atoms with E-state index in [-0.39, 0.29) is 18.0 Å². The number of urea groups is 1. The predicted octanol–water partition coefficient (Wildman–Crippen LogP) is 3.10. The van der Waals surface area contributed by atoms with Crippen LogP contribution in [-0.4, -0.2) is 19.1 Å². The molecule has 1 atom stereocenters. The van der Waals surface area contributed by atoms with Crippen LogP contribution >= 0.6 is 11.3 Å². The zero-order valence-electron chi connectivity index (χ0n) is 12.5. The van der Waals surface area contributed by atoms with Crippen LogP contribution in [0.5, 0.6) is 0 Å². The van der Waals surface area contributed by atoms with Gasteiger partial charge in [0.05, 0.1) is 18.7 Å². The minimum Gasteiger partial charge on any atom is -0.465 e. The van der Waals surface area contributed by atoms with Gasteiger partial charge in [-0.3, -0.25) is 0 Å². The Labute approximate surface area is 133 Å². The maximum atomic E-state index is 11.9. The monoisotopic (exact) mass is 318 g/mol. The van der Waals surface area contributed by atoms with E-state index in [1.165, 1.54) is 7.11 Å². The molecule has 0 aliphatic rings. The van der Waals surface area contributed by atoms with Crippen LogP contribution in [0.15, 0.2) is 41.8 Å². The summed E-state index contributed by atoms with van der Waals surface area (Å²) in [4.78, 5) is 24.3. The third-order valence-electron chi connectivity index (χ3n) is 3.15. The fourth-order valence-electron chi connectivity index (χ4n) is 1.92. The number of carbonyl (C=O) groups is 2. The highest BCUT2D eigenvalue weighted by atomic mass is 32.1. The van der Waals surface area contributed by atoms with Crippen molar-refractivity contribution in [3.05, 3.63) is 57.8 Å². The first kappa shape index (κ1) is 16.0. The van der Waals surface area contributed by atoms with Gasteiger partial charge in [0.15, 0.2) is 0 Å². The van der Waals surface area contributed by atoms with E-state index < -0.39 is 0 Å². The third-order valence-corrected chi connectivity index (χ3v) is 4.20. The lowest BCUT2D eigenvalue weighted by Crippen LogP contribution is -2.36. The number of methoxy groups -OCH3 is 1. The summed E-state index contributed by atoms with van der Waals surface area (Å²) in [6, 6.07) is 10.6. The molecule has 0 aliphatic carbocycles. The largest absolute Gasteiger partial charge is 0.465 e. The van der Waals surface area contributed by atoms with Crippen LogP contribution in [0.2, 0.25) is 0 Å². The number of amides is 2. The van der Waals surface area contributed by atoms with E-state index >= 15 is 0 Å². The van der Waals surface area contributed by atoms with E-state index in [4.69, 9.17) is 0 Å². The van der Waals surface area contributed by atoms with Gasteiger partial charge in [0.2, 0.25) is 0 Å².